The molecule has 1 unspecified atom stereocenters. The molecule has 1 saturated heterocycles. The summed E-state index contributed by atoms with van der Waals surface area (Å²) in [7, 11) is 0. The summed E-state index contributed by atoms with van der Waals surface area (Å²) in [6.45, 7) is 3.65. The van der Waals surface area contributed by atoms with E-state index in [9.17, 15) is 24.0 Å². The number of carbonyl (C=O) groups is 5. The number of hydrogen-bond donors (Lipinski definition) is 4. The van der Waals surface area contributed by atoms with Crippen LogP contribution in [0.4, 0.5) is 4.79 Å². The topological polar surface area (TPSA) is 152 Å². The van der Waals surface area contributed by atoms with Crippen LogP contribution in [0.3, 0.4) is 0 Å². The quantitative estimate of drug-likeness (QED) is 0.257. The predicted octanol–water partition coefficient (Wildman–Crippen LogP) is 2.92. The zero-order valence-electron chi connectivity index (χ0n) is 25.1. The van der Waals surface area contributed by atoms with Gasteiger partial charge in [-0.15, -0.1) is 0 Å². The Balaban J connectivity index is 1.27. The average Bonchev–Trinajstić information content (AvgIpc) is 3.64. The first-order valence-electron chi connectivity index (χ1n) is 15.4. The Morgan fingerprint density at radius 3 is 2.16 bits per heavy atom. The van der Waals surface area contributed by atoms with Gasteiger partial charge in [0.25, 0.3) is 5.91 Å². The molecule has 2 aromatic carbocycles. The summed E-state index contributed by atoms with van der Waals surface area (Å²) in [5.41, 5.74) is 4.36. The molecule has 4 atom stereocenters. The van der Waals surface area contributed by atoms with Crippen molar-refractivity contribution in [3.8, 4) is 11.1 Å². The lowest BCUT2D eigenvalue weighted by atomic mass is 9.94. The number of hydrogen-bond acceptors (Lipinski definition) is 7. The van der Waals surface area contributed by atoms with Gasteiger partial charge in [-0.2, -0.15) is 0 Å². The minimum absolute atomic E-state index is 0.00485. The fourth-order valence-corrected chi connectivity index (χ4v) is 6.07. The van der Waals surface area contributed by atoms with Crippen molar-refractivity contribution in [1.82, 2.24) is 21.3 Å². The van der Waals surface area contributed by atoms with Crippen molar-refractivity contribution in [2.24, 2.45) is 5.92 Å². The Morgan fingerprint density at radius 1 is 0.932 bits per heavy atom. The molecule has 0 spiro atoms. The highest BCUT2D eigenvalue weighted by Crippen LogP contribution is 2.44. The van der Waals surface area contributed by atoms with Crippen LogP contribution in [0.15, 0.2) is 48.5 Å². The zero-order valence-corrected chi connectivity index (χ0v) is 25.1. The normalized spacial score (nSPS) is 19.0. The molecule has 2 fully saturated rings. The van der Waals surface area contributed by atoms with E-state index in [4.69, 9.17) is 9.47 Å². The summed E-state index contributed by atoms with van der Waals surface area (Å²) < 4.78 is 11.1. The number of benzene rings is 2. The standard InChI is InChI=1S/C33H40N4O7/c1-3-8-27(37-33(42)43-18-26-24-11-6-4-9-22(24)23-10-5-7-12-25(23)26)31(40)36-28(17-20-15-16-34-30(20)39)29(44-19(2)38)32(41)35-21-13-14-21/h4-7,9-12,20-21,26-29H,3,8,13-18H2,1-2H3,(H,34,39)(H,35,41)(H,36,40)(H,37,42)/t20-,27-,28-,29?/m0/s1. The van der Waals surface area contributed by atoms with Gasteiger partial charge in [0, 0.05) is 31.3 Å². The third-order valence-corrected chi connectivity index (χ3v) is 8.40. The third-order valence-electron chi connectivity index (χ3n) is 8.40. The van der Waals surface area contributed by atoms with E-state index in [2.05, 4.69) is 33.4 Å². The van der Waals surface area contributed by atoms with Gasteiger partial charge in [-0.25, -0.2) is 4.79 Å². The largest absolute Gasteiger partial charge is 0.450 e. The van der Waals surface area contributed by atoms with Crippen molar-refractivity contribution in [3.63, 3.8) is 0 Å². The lowest BCUT2D eigenvalue weighted by Crippen LogP contribution is -2.57. The molecule has 2 aromatic rings. The van der Waals surface area contributed by atoms with Crippen LogP contribution in [0.5, 0.6) is 0 Å². The smallest absolute Gasteiger partial charge is 0.407 e. The molecular weight excluding hydrogens is 564 g/mol. The zero-order chi connectivity index (χ0) is 31.2. The minimum atomic E-state index is -1.33. The van der Waals surface area contributed by atoms with Gasteiger partial charge in [-0.05, 0) is 54.4 Å². The lowest BCUT2D eigenvalue weighted by molar-refractivity contribution is -0.157. The fourth-order valence-electron chi connectivity index (χ4n) is 6.07. The molecule has 1 heterocycles. The highest BCUT2D eigenvalue weighted by molar-refractivity contribution is 5.89. The highest BCUT2D eigenvalue weighted by Gasteiger charge is 2.40. The van der Waals surface area contributed by atoms with E-state index < -0.39 is 48.0 Å². The van der Waals surface area contributed by atoms with Crippen LogP contribution in [-0.4, -0.2) is 67.2 Å². The molecule has 4 amide bonds. The molecule has 0 aromatic heterocycles. The summed E-state index contributed by atoms with van der Waals surface area (Å²) >= 11 is 0. The van der Waals surface area contributed by atoms with Crippen molar-refractivity contribution in [3.05, 3.63) is 59.7 Å². The van der Waals surface area contributed by atoms with Crippen LogP contribution >= 0.6 is 0 Å². The number of nitrogens with one attached hydrogen (secondary N) is 4. The van der Waals surface area contributed by atoms with Gasteiger partial charge < -0.3 is 30.7 Å². The molecule has 4 N–H and O–H groups in total. The number of fused-ring (bicyclic) bond motifs is 3. The molecule has 2 aliphatic carbocycles. The van der Waals surface area contributed by atoms with Gasteiger partial charge in [-0.1, -0.05) is 61.9 Å². The van der Waals surface area contributed by atoms with Gasteiger partial charge in [0.05, 0.1) is 6.04 Å². The maximum absolute atomic E-state index is 13.6. The van der Waals surface area contributed by atoms with Crippen LogP contribution in [-0.2, 0) is 28.7 Å². The summed E-state index contributed by atoms with van der Waals surface area (Å²) in [6.07, 6.45) is 1.08. The molecule has 44 heavy (non-hydrogen) atoms. The SMILES string of the molecule is CCC[C@H](NC(=O)OCC1c2ccccc2-c2ccccc21)C(=O)N[C@@H](C[C@@H]1CCNC1=O)C(OC(C)=O)C(=O)NC1CC1. The Hall–Kier alpha value is -4.41. The van der Waals surface area contributed by atoms with E-state index in [0.29, 0.717) is 25.8 Å². The summed E-state index contributed by atoms with van der Waals surface area (Å²) in [5, 5.41) is 11.1. The second-order valence-electron chi connectivity index (χ2n) is 11.8. The molecule has 5 rings (SSSR count). The molecular formula is C33H40N4O7. The Labute approximate surface area is 256 Å². The average molecular weight is 605 g/mol. The van der Waals surface area contributed by atoms with Gasteiger partial charge in [0.2, 0.25) is 11.8 Å². The van der Waals surface area contributed by atoms with Gasteiger partial charge in [0.1, 0.15) is 12.6 Å². The van der Waals surface area contributed by atoms with Crippen LogP contribution < -0.4 is 21.3 Å². The number of carbonyl (C=O) groups excluding carboxylic acids is 5. The van der Waals surface area contributed by atoms with Crippen LogP contribution in [0.1, 0.15) is 69.4 Å². The van der Waals surface area contributed by atoms with Crippen molar-refractivity contribution in [1.29, 1.82) is 0 Å². The van der Waals surface area contributed by atoms with Crippen LogP contribution in [0, 0.1) is 5.92 Å². The Morgan fingerprint density at radius 2 is 1.59 bits per heavy atom. The van der Waals surface area contributed by atoms with Crippen molar-refractivity contribution in [2.75, 3.05) is 13.2 Å². The molecule has 0 bridgehead atoms. The van der Waals surface area contributed by atoms with E-state index in [-0.39, 0.29) is 30.9 Å². The Bertz CT molecular complexity index is 1360. The molecule has 1 saturated carbocycles. The van der Waals surface area contributed by atoms with E-state index >= 15 is 0 Å². The molecule has 234 valence electrons. The molecule has 3 aliphatic rings. The summed E-state index contributed by atoms with van der Waals surface area (Å²) in [5.74, 6) is -2.55. The number of amides is 4. The molecule has 1 aliphatic heterocycles. The second kappa shape index (κ2) is 13.9. The number of esters is 1. The maximum atomic E-state index is 13.6. The lowest BCUT2D eigenvalue weighted by Gasteiger charge is -2.30. The van der Waals surface area contributed by atoms with Crippen molar-refractivity contribution >= 4 is 29.8 Å². The fraction of sp³-hybridized carbons (Fsp3) is 0.485. The van der Waals surface area contributed by atoms with E-state index in [1.54, 1.807) is 0 Å². The first-order valence-corrected chi connectivity index (χ1v) is 15.4. The van der Waals surface area contributed by atoms with Crippen molar-refractivity contribution < 1.29 is 33.4 Å². The van der Waals surface area contributed by atoms with E-state index in [0.717, 1.165) is 35.1 Å². The Kier molecular flexibility index (Phi) is 9.82. The maximum Gasteiger partial charge on any atom is 0.407 e. The molecule has 0 radical (unpaired) electrons. The van der Waals surface area contributed by atoms with Crippen molar-refractivity contribution in [2.45, 2.75) is 82.5 Å². The minimum Gasteiger partial charge on any atom is -0.450 e. The predicted molar refractivity (Wildman–Crippen MR) is 161 cm³/mol. The third kappa shape index (κ3) is 7.38. The van der Waals surface area contributed by atoms with E-state index in [1.807, 2.05) is 43.3 Å². The van der Waals surface area contributed by atoms with Crippen LogP contribution in [0.25, 0.3) is 11.1 Å². The molecule has 11 heteroatoms. The van der Waals surface area contributed by atoms with Crippen LogP contribution in [0.2, 0.25) is 0 Å². The molecule has 11 nitrogen and oxygen atoms in total. The van der Waals surface area contributed by atoms with Gasteiger partial charge >= 0.3 is 12.1 Å². The summed E-state index contributed by atoms with van der Waals surface area (Å²) in [6, 6.07) is 14.1. The number of ether oxygens (including phenoxy) is 2. The second-order valence-corrected chi connectivity index (χ2v) is 11.8. The number of rotatable bonds is 13. The summed E-state index contributed by atoms with van der Waals surface area (Å²) in [4.78, 5) is 64.2. The highest BCUT2D eigenvalue weighted by atomic mass is 16.6. The first kappa shape index (κ1) is 31.0. The van der Waals surface area contributed by atoms with E-state index in [1.165, 1.54) is 6.92 Å². The number of alkyl carbamates (subject to hydrolysis) is 1. The monoisotopic (exact) mass is 604 g/mol. The van der Waals surface area contributed by atoms with Gasteiger partial charge in [-0.3, -0.25) is 19.2 Å². The first-order chi connectivity index (χ1) is 21.2. The van der Waals surface area contributed by atoms with Gasteiger partial charge in [0.15, 0.2) is 6.10 Å².